The van der Waals surface area contributed by atoms with Crippen LogP contribution in [0.3, 0.4) is 0 Å². The molecule has 0 aliphatic heterocycles. The van der Waals surface area contributed by atoms with Gasteiger partial charge in [-0.25, -0.2) is 0 Å². The van der Waals surface area contributed by atoms with E-state index in [1.165, 1.54) is 5.57 Å². The van der Waals surface area contributed by atoms with E-state index >= 15 is 0 Å². The maximum Gasteiger partial charge on any atom is 0.137 e. The summed E-state index contributed by atoms with van der Waals surface area (Å²) in [5.74, 6) is 5.60. The number of Topliss-reactive ketones (excluding diaryl/α,β-unsaturated/α-hetero) is 1. The molecule has 2 saturated carbocycles. The van der Waals surface area contributed by atoms with Crippen molar-refractivity contribution in [2.24, 2.45) is 29.1 Å². The van der Waals surface area contributed by atoms with Crippen molar-refractivity contribution >= 4 is 14.2 Å². The fourth-order valence-corrected chi connectivity index (χ4v) is 6.72. The van der Waals surface area contributed by atoms with Gasteiger partial charge in [0.2, 0.25) is 0 Å². The lowest BCUT2D eigenvalue weighted by Crippen LogP contribution is -2.52. The zero-order chi connectivity index (χ0) is 16.4. The van der Waals surface area contributed by atoms with Gasteiger partial charge in [0.25, 0.3) is 0 Å². The molecular formula is C22H34BO2. The van der Waals surface area contributed by atoms with Gasteiger partial charge >= 0.3 is 0 Å². The monoisotopic (exact) mass is 342 g/mol. The lowest BCUT2D eigenvalue weighted by Gasteiger charge is -2.55. The van der Waals surface area contributed by atoms with E-state index in [1.807, 2.05) is 0 Å². The maximum atomic E-state index is 11.9. The van der Waals surface area contributed by atoms with Crippen molar-refractivity contribution in [3.8, 4) is 12.3 Å². The van der Waals surface area contributed by atoms with Crippen LogP contribution in [-0.4, -0.2) is 24.9 Å². The highest BCUT2D eigenvalue weighted by molar-refractivity contribution is 5.82. The summed E-state index contributed by atoms with van der Waals surface area (Å²) in [6.45, 7) is 4.60. The van der Waals surface area contributed by atoms with E-state index in [-0.39, 0.29) is 22.7 Å². The van der Waals surface area contributed by atoms with Crippen LogP contribution in [0, 0.1) is 41.4 Å². The number of aliphatic hydroxyl groups is 1. The van der Waals surface area contributed by atoms with E-state index in [4.69, 9.17) is 6.42 Å². The molecule has 4 aliphatic rings. The first kappa shape index (κ1) is 20.3. The van der Waals surface area contributed by atoms with Gasteiger partial charge in [-0.05, 0) is 62.2 Å². The molecule has 2 nitrogen and oxygen atoms in total. The average Bonchev–Trinajstić information content (AvgIpc) is 2.79. The summed E-state index contributed by atoms with van der Waals surface area (Å²) in [6.07, 6.45) is 13.2. The van der Waals surface area contributed by atoms with E-state index in [0.717, 1.165) is 44.9 Å². The molecule has 4 aliphatic carbocycles. The van der Waals surface area contributed by atoms with Gasteiger partial charge in [0.1, 0.15) is 11.4 Å². The van der Waals surface area contributed by atoms with Crippen molar-refractivity contribution in [2.45, 2.75) is 78.2 Å². The van der Waals surface area contributed by atoms with Gasteiger partial charge in [0.15, 0.2) is 0 Å². The van der Waals surface area contributed by atoms with Crippen molar-refractivity contribution in [1.82, 2.24) is 0 Å². The summed E-state index contributed by atoms with van der Waals surface area (Å²) in [6, 6.07) is 0. The Morgan fingerprint density at radius 2 is 2.00 bits per heavy atom. The van der Waals surface area contributed by atoms with Gasteiger partial charge in [-0.15, -0.1) is 6.42 Å². The number of rotatable bonds is 0. The molecule has 2 fully saturated rings. The van der Waals surface area contributed by atoms with E-state index < -0.39 is 5.60 Å². The maximum absolute atomic E-state index is 11.9. The minimum atomic E-state index is -0.917. The molecule has 0 amide bonds. The first-order valence-corrected chi connectivity index (χ1v) is 9.32. The second kappa shape index (κ2) is 6.62. The minimum Gasteiger partial charge on any atom is -0.377 e. The van der Waals surface area contributed by atoms with Crippen LogP contribution >= 0.6 is 0 Å². The molecule has 137 valence electrons. The molecular weight excluding hydrogens is 307 g/mol. The highest BCUT2D eigenvalue weighted by atomic mass is 16.3. The Morgan fingerprint density at radius 3 is 2.68 bits per heavy atom. The summed E-state index contributed by atoms with van der Waals surface area (Å²) in [5, 5.41) is 11.0. The Balaban J connectivity index is 0.00000113. The van der Waals surface area contributed by atoms with Crippen molar-refractivity contribution in [2.75, 3.05) is 0 Å². The SMILES string of the molecule is C.C#C[C@]1(O)CCC2C3C(CC[C@@]21C)C1=C(CC(=O)CC1)C[C@H]3C.[2HH].[B]. The molecule has 25 heavy (non-hydrogen) atoms. The van der Waals surface area contributed by atoms with Crippen molar-refractivity contribution in [1.29, 1.82) is 0 Å². The largest absolute Gasteiger partial charge is 0.377 e. The summed E-state index contributed by atoms with van der Waals surface area (Å²) < 4.78 is 0. The molecule has 0 saturated heterocycles. The van der Waals surface area contributed by atoms with Crippen molar-refractivity contribution in [3.05, 3.63) is 11.1 Å². The zero-order valence-electron chi connectivity index (χ0n) is 15.0. The fraction of sp³-hybridized carbons (Fsp3) is 0.773. The standard InChI is InChI=1S/C21H28O2.CH4.B.H2/c1-4-21(23)10-8-18-19-13(2)11-14-12-15(22)5-6-16(14)17(19)7-9-20(18,21)3;;;/h1,13,17-19,23H,5-12H2,2-3H3;1H4;;1H/t13-,17?,18?,19?,20+,21+;;;/m1.../s1/i;;;1+1. The van der Waals surface area contributed by atoms with Crippen LogP contribution in [0.25, 0.3) is 0 Å². The number of fused-ring (bicyclic) bond motifs is 4. The predicted octanol–water partition coefficient (Wildman–Crippen LogP) is 4.38. The molecule has 0 heterocycles. The van der Waals surface area contributed by atoms with Gasteiger partial charge < -0.3 is 5.11 Å². The molecule has 1 N–H and O–H groups in total. The number of allylic oxidation sites excluding steroid dienone is 2. The van der Waals surface area contributed by atoms with E-state index in [1.54, 1.807) is 5.57 Å². The number of ketones is 1. The zero-order valence-corrected chi connectivity index (χ0v) is 15.0. The molecule has 6 atom stereocenters. The molecule has 0 aromatic heterocycles. The predicted molar refractivity (Wildman–Crippen MR) is 105 cm³/mol. The molecule has 0 aromatic carbocycles. The van der Waals surface area contributed by atoms with Crippen molar-refractivity contribution < 1.29 is 11.3 Å². The summed E-state index contributed by atoms with van der Waals surface area (Å²) >= 11 is 0. The van der Waals surface area contributed by atoms with Crippen LogP contribution < -0.4 is 0 Å². The Hall–Kier alpha value is -1.01. The van der Waals surface area contributed by atoms with Gasteiger partial charge in [0, 0.05) is 28.1 Å². The number of carbonyl (C=O) groups is 1. The number of hydrogen-bond donors (Lipinski definition) is 1. The first-order chi connectivity index (χ1) is 10.9. The van der Waals surface area contributed by atoms with Crippen molar-refractivity contribution in [3.63, 3.8) is 0 Å². The van der Waals surface area contributed by atoms with Gasteiger partial charge in [0.05, 0.1) is 0 Å². The molecule has 3 radical (unpaired) electrons. The summed E-state index contributed by atoms with van der Waals surface area (Å²) in [4.78, 5) is 11.9. The molecule has 0 bridgehead atoms. The highest BCUT2D eigenvalue weighted by Gasteiger charge is 2.62. The smallest absolute Gasteiger partial charge is 0.137 e. The third kappa shape index (κ3) is 2.64. The average molecular weight is 342 g/mol. The Labute approximate surface area is 156 Å². The third-order valence-corrected chi connectivity index (χ3v) is 7.93. The summed E-state index contributed by atoms with van der Waals surface area (Å²) in [5.41, 5.74) is 2.04. The highest BCUT2D eigenvalue weighted by Crippen LogP contribution is 2.65. The van der Waals surface area contributed by atoms with E-state index in [0.29, 0.717) is 35.9 Å². The number of hydrogen-bond acceptors (Lipinski definition) is 2. The second-order valence-corrected chi connectivity index (χ2v) is 8.82. The van der Waals surface area contributed by atoms with Crippen LogP contribution in [-0.2, 0) is 4.79 Å². The first-order valence-electron chi connectivity index (χ1n) is 9.32. The van der Waals surface area contributed by atoms with Gasteiger partial charge in [-0.1, -0.05) is 38.3 Å². The number of carbonyl (C=O) groups excluding carboxylic acids is 1. The van der Waals surface area contributed by atoms with Crippen LogP contribution in [0.15, 0.2) is 11.1 Å². The Bertz CT molecular complexity index is 637. The number of terminal acetylenes is 1. The second-order valence-electron chi connectivity index (χ2n) is 8.82. The summed E-state index contributed by atoms with van der Waals surface area (Å²) in [7, 11) is 0. The third-order valence-electron chi connectivity index (χ3n) is 7.93. The van der Waals surface area contributed by atoms with Crippen LogP contribution in [0.2, 0.25) is 0 Å². The van der Waals surface area contributed by atoms with Gasteiger partial charge in [-0.2, -0.15) is 0 Å². The quantitative estimate of drug-likeness (QED) is 0.403. The van der Waals surface area contributed by atoms with E-state index in [2.05, 4.69) is 19.8 Å². The molecule has 4 rings (SSSR count). The van der Waals surface area contributed by atoms with E-state index in [9.17, 15) is 9.90 Å². The van der Waals surface area contributed by atoms with Crippen LogP contribution in [0.4, 0.5) is 0 Å². The molecule has 0 spiro atoms. The fourth-order valence-electron chi connectivity index (χ4n) is 6.72. The molecule has 0 aromatic rings. The van der Waals surface area contributed by atoms with Gasteiger partial charge in [-0.3, -0.25) is 4.79 Å². The lowest BCUT2D eigenvalue weighted by atomic mass is 9.50. The Morgan fingerprint density at radius 1 is 1.28 bits per heavy atom. The topological polar surface area (TPSA) is 37.3 Å². The molecule has 3 unspecified atom stereocenters. The van der Waals surface area contributed by atoms with Crippen LogP contribution in [0.5, 0.6) is 0 Å². The normalized spacial score (nSPS) is 45.3. The van der Waals surface area contributed by atoms with Crippen LogP contribution in [0.1, 0.15) is 74.1 Å². The Kier molecular flexibility index (Phi) is 5.38. The minimum absolute atomic E-state index is 0. The molecule has 3 heteroatoms. The lowest BCUT2D eigenvalue weighted by molar-refractivity contribution is -0.119.